The van der Waals surface area contributed by atoms with Gasteiger partial charge in [0, 0.05) is 23.5 Å². The Labute approximate surface area is 216 Å². The second-order valence-electron chi connectivity index (χ2n) is 9.49. The van der Waals surface area contributed by atoms with E-state index >= 15 is 0 Å². The van der Waals surface area contributed by atoms with Crippen LogP contribution >= 0.6 is 0 Å². The highest BCUT2D eigenvalue weighted by atomic mass is 16.4. The number of amides is 3. The van der Waals surface area contributed by atoms with Crippen LogP contribution in [-0.4, -0.2) is 69.7 Å². The maximum absolute atomic E-state index is 13.4. The molecule has 0 bridgehead atoms. The number of carbonyl (C=O) groups is 4. The number of hydrogen-bond donors (Lipinski definition) is 7. The van der Waals surface area contributed by atoms with Crippen LogP contribution in [-0.2, 0) is 25.6 Å². The van der Waals surface area contributed by atoms with Gasteiger partial charge in [-0.05, 0) is 23.5 Å². The molecule has 204 valence electrons. The largest absolute Gasteiger partial charge is 0.480 e. The Morgan fingerprint density at radius 2 is 1.54 bits per heavy atom. The number of H-pyrrole nitrogens is 1. The third-order valence-corrected chi connectivity index (χ3v) is 6.88. The Morgan fingerprint density at radius 1 is 0.919 bits per heavy atom. The first-order valence-electron chi connectivity index (χ1n) is 12.6. The first-order valence-corrected chi connectivity index (χ1v) is 12.6. The summed E-state index contributed by atoms with van der Waals surface area (Å²) in [5, 5.41) is 27.2. The fourth-order valence-electron chi connectivity index (χ4n) is 3.91. The summed E-state index contributed by atoms with van der Waals surface area (Å²) >= 11 is 0. The van der Waals surface area contributed by atoms with Crippen molar-refractivity contribution in [2.45, 2.75) is 71.1 Å². The monoisotopic (exact) mass is 517 g/mol. The van der Waals surface area contributed by atoms with Crippen molar-refractivity contribution < 1.29 is 29.4 Å². The van der Waals surface area contributed by atoms with Gasteiger partial charge >= 0.3 is 5.97 Å². The van der Waals surface area contributed by atoms with E-state index < -0.39 is 54.5 Å². The maximum atomic E-state index is 13.4. The van der Waals surface area contributed by atoms with Crippen LogP contribution in [0, 0.1) is 11.8 Å². The van der Waals surface area contributed by atoms with Crippen molar-refractivity contribution in [3.8, 4) is 0 Å². The van der Waals surface area contributed by atoms with E-state index in [0.29, 0.717) is 12.8 Å². The van der Waals surface area contributed by atoms with Crippen LogP contribution in [0.2, 0.25) is 0 Å². The van der Waals surface area contributed by atoms with Crippen LogP contribution in [0.1, 0.15) is 46.1 Å². The van der Waals surface area contributed by atoms with Gasteiger partial charge in [0.05, 0.1) is 12.6 Å². The number of para-hydroxylation sites is 1. The molecule has 0 aliphatic heterocycles. The van der Waals surface area contributed by atoms with E-state index in [0.717, 1.165) is 16.5 Å². The molecule has 2 rings (SSSR count). The number of nitrogens with two attached hydrogens (primary N) is 1. The first-order chi connectivity index (χ1) is 17.5. The predicted molar refractivity (Wildman–Crippen MR) is 139 cm³/mol. The number of carboxylic acid groups (broad SMARTS) is 1. The molecule has 1 aromatic carbocycles. The quantitative estimate of drug-likeness (QED) is 0.192. The standard InChI is InChI=1S/C26H39N5O6/c1-5-14(3)21(27)24(34)31-22(15(4)6-2)25(35)29-19(23(33)30-20(13-32)26(36)37)11-16-12-28-18-10-8-7-9-17(16)18/h7-10,12,14-15,19-22,28,32H,5-6,11,13,27H2,1-4H3,(H,29,35)(H,30,33)(H,31,34)(H,36,37). The zero-order valence-corrected chi connectivity index (χ0v) is 21.8. The molecule has 0 radical (unpaired) electrons. The zero-order valence-electron chi connectivity index (χ0n) is 21.8. The highest BCUT2D eigenvalue weighted by molar-refractivity contribution is 5.95. The Morgan fingerprint density at radius 3 is 2.14 bits per heavy atom. The summed E-state index contributed by atoms with van der Waals surface area (Å²) in [6, 6.07) is 2.97. The molecule has 0 spiro atoms. The number of carboxylic acids is 1. The third kappa shape index (κ3) is 7.77. The van der Waals surface area contributed by atoms with Crippen LogP contribution < -0.4 is 21.7 Å². The van der Waals surface area contributed by atoms with E-state index in [1.807, 2.05) is 45.0 Å². The van der Waals surface area contributed by atoms with Gasteiger partial charge in [-0.25, -0.2) is 4.79 Å². The predicted octanol–water partition coefficient (Wildman–Crippen LogP) is 0.661. The van der Waals surface area contributed by atoms with E-state index in [4.69, 9.17) is 5.73 Å². The molecule has 0 aliphatic rings. The number of benzene rings is 1. The summed E-state index contributed by atoms with van der Waals surface area (Å²) in [5.74, 6) is -3.59. The summed E-state index contributed by atoms with van der Waals surface area (Å²) in [4.78, 5) is 53.8. The highest BCUT2D eigenvalue weighted by Gasteiger charge is 2.33. The molecule has 8 N–H and O–H groups in total. The van der Waals surface area contributed by atoms with Crippen molar-refractivity contribution >= 4 is 34.6 Å². The lowest BCUT2D eigenvalue weighted by Gasteiger charge is -2.28. The summed E-state index contributed by atoms with van der Waals surface area (Å²) < 4.78 is 0. The summed E-state index contributed by atoms with van der Waals surface area (Å²) in [5.41, 5.74) is 7.63. The fourth-order valence-corrected chi connectivity index (χ4v) is 3.91. The molecule has 11 heteroatoms. The number of aromatic amines is 1. The zero-order chi connectivity index (χ0) is 27.7. The normalized spacial score (nSPS) is 16.2. The molecular formula is C26H39N5O6. The van der Waals surface area contributed by atoms with Gasteiger partial charge in [0.1, 0.15) is 18.1 Å². The molecule has 0 saturated carbocycles. The Balaban J connectivity index is 2.32. The van der Waals surface area contributed by atoms with Crippen molar-refractivity contribution in [3.05, 3.63) is 36.0 Å². The Bertz CT molecular complexity index is 1090. The van der Waals surface area contributed by atoms with E-state index in [-0.39, 0.29) is 18.3 Å². The lowest BCUT2D eigenvalue weighted by Crippen LogP contribution is -2.59. The SMILES string of the molecule is CCC(C)C(N)C(=O)NC(C(=O)NC(Cc1c[nH]c2ccccc12)C(=O)NC(CO)C(=O)O)C(C)CC. The minimum absolute atomic E-state index is 0.0485. The number of rotatable bonds is 14. The van der Waals surface area contributed by atoms with Gasteiger partial charge in [-0.1, -0.05) is 58.7 Å². The van der Waals surface area contributed by atoms with Crippen LogP contribution in [0.15, 0.2) is 30.5 Å². The molecular weight excluding hydrogens is 478 g/mol. The Hall–Kier alpha value is -3.44. The van der Waals surface area contributed by atoms with Crippen molar-refractivity contribution in [1.82, 2.24) is 20.9 Å². The molecule has 6 atom stereocenters. The van der Waals surface area contributed by atoms with E-state index in [9.17, 15) is 29.4 Å². The molecule has 3 amide bonds. The molecule has 37 heavy (non-hydrogen) atoms. The number of carbonyl (C=O) groups excluding carboxylic acids is 3. The second-order valence-corrected chi connectivity index (χ2v) is 9.49. The van der Waals surface area contributed by atoms with Gasteiger partial charge in [0.2, 0.25) is 17.7 Å². The number of aromatic nitrogens is 1. The van der Waals surface area contributed by atoms with Crippen LogP contribution in [0.5, 0.6) is 0 Å². The maximum Gasteiger partial charge on any atom is 0.328 e. The van der Waals surface area contributed by atoms with Gasteiger partial charge < -0.3 is 36.9 Å². The molecule has 1 heterocycles. The van der Waals surface area contributed by atoms with Gasteiger partial charge in [0.15, 0.2) is 0 Å². The average molecular weight is 518 g/mol. The molecule has 6 unspecified atom stereocenters. The highest BCUT2D eigenvalue weighted by Crippen LogP contribution is 2.20. The van der Waals surface area contributed by atoms with Gasteiger partial charge in [0.25, 0.3) is 0 Å². The lowest BCUT2D eigenvalue weighted by molar-refractivity contribution is -0.143. The summed E-state index contributed by atoms with van der Waals surface area (Å²) in [7, 11) is 0. The minimum atomic E-state index is -1.53. The number of aliphatic hydroxyl groups excluding tert-OH is 1. The number of hydrogen-bond acceptors (Lipinski definition) is 6. The fraction of sp³-hybridized carbons (Fsp3) is 0.538. The van der Waals surface area contributed by atoms with Gasteiger partial charge in [-0.2, -0.15) is 0 Å². The molecule has 11 nitrogen and oxygen atoms in total. The molecule has 0 fully saturated rings. The van der Waals surface area contributed by atoms with E-state index in [2.05, 4.69) is 20.9 Å². The van der Waals surface area contributed by atoms with Crippen LogP contribution in [0.25, 0.3) is 10.9 Å². The van der Waals surface area contributed by atoms with E-state index in [1.54, 1.807) is 13.1 Å². The summed E-state index contributed by atoms with van der Waals surface area (Å²) in [6.45, 7) is 6.64. The van der Waals surface area contributed by atoms with Crippen molar-refractivity contribution in [2.75, 3.05) is 6.61 Å². The van der Waals surface area contributed by atoms with Crippen molar-refractivity contribution in [3.63, 3.8) is 0 Å². The third-order valence-electron chi connectivity index (χ3n) is 6.88. The number of nitrogens with one attached hydrogen (secondary N) is 4. The lowest BCUT2D eigenvalue weighted by atomic mass is 9.95. The molecule has 0 aliphatic carbocycles. The van der Waals surface area contributed by atoms with Crippen LogP contribution in [0.4, 0.5) is 0 Å². The average Bonchev–Trinajstić information content (AvgIpc) is 3.30. The first kappa shape index (κ1) is 29.8. The second kappa shape index (κ2) is 13.8. The molecule has 2 aromatic rings. The molecule has 0 saturated heterocycles. The number of fused-ring (bicyclic) bond motifs is 1. The summed E-state index contributed by atoms with van der Waals surface area (Å²) in [6.07, 6.45) is 3.03. The van der Waals surface area contributed by atoms with Gasteiger partial charge in [-0.3, -0.25) is 14.4 Å². The molecule has 1 aromatic heterocycles. The topological polar surface area (TPSA) is 187 Å². The van der Waals surface area contributed by atoms with Crippen molar-refractivity contribution in [1.29, 1.82) is 0 Å². The minimum Gasteiger partial charge on any atom is -0.480 e. The van der Waals surface area contributed by atoms with Gasteiger partial charge in [-0.15, -0.1) is 0 Å². The van der Waals surface area contributed by atoms with Crippen LogP contribution in [0.3, 0.4) is 0 Å². The number of aliphatic hydroxyl groups is 1. The smallest absolute Gasteiger partial charge is 0.328 e. The number of aliphatic carboxylic acids is 1. The van der Waals surface area contributed by atoms with Crippen molar-refractivity contribution in [2.24, 2.45) is 17.6 Å². The van der Waals surface area contributed by atoms with E-state index in [1.165, 1.54) is 0 Å². The Kier molecular flexibility index (Phi) is 11.1.